The summed E-state index contributed by atoms with van der Waals surface area (Å²) in [6, 6.07) is 8.23. The molecule has 1 aromatic carbocycles. The van der Waals surface area contributed by atoms with Crippen LogP contribution in [0.2, 0.25) is 0 Å². The van der Waals surface area contributed by atoms with Gasteiger partial charge in [0.1, 0.15) is 0 Å². The molecule has 0 unspecified atom stereocenters. The summed E-state index contributed by atoms with van der Waals surface area (Å²) in [6.45, 7) is 8.04. The first-order valence-corrected chi connectivity index (χ1v) is 7.08. The third-order valence-electron chi connectivity index (χ3n) is 3.25. The van der Waals surface area contributed by atoms with Crippen LogP contribution in [0.25, 0.3) is 0 Å². The minimum Gasteiger partial charge on any atom is -0.340 e. The molecule has 0 fully saturated rings. The Bertz CT molecular complexity index is 551. The highest BCUT2D eigenvalue weighted by atomic mass is 15.3. The van der Waals surface area contributed by atoms with Crippen molar-refractivity contribution in [2.75, 3.05) is 23.3 Å². The topological polar surface area (TPSA) is 53.9 Å². The van der Waals surface area contributed by atoms with Crippen LogP contribution < -0.4 is 10.2 Å². The average molecular weight is 271 g/mol. The van der Waals surface area contributed by atoms with Crippen molar-refractivity contribution in [2.24, 2.45) is 0 Å². The van der Waals surface area contributed by atoms with E-state index >= 15 is 0 Å². The van der Waals surface area contributed by atoms with Crippen molar-refractivity contribution in [1.29, 1.82) is 0 Å². The summed E-state index contributed by atoms with van der Waals surface area (Å²) < 4.78 is 0. The molecule has 0 spiro atoms. The van der Waals surface area contributed by atoms with Crippen molar-refractivity contribution < 1.29 is 0 Å². The van der Waals surface area contributed by atoms with Crippen molar-refractivity contribution in [3.8, 4) is 0 Å². The summed E-state index contributed by atoms with van der Waals surface area (Å²) in [7, 11) is 0. The van der Waals surface area contributed by atoms with E-state index in [1.165, 1.54) is 5.56 Å². The van der Waals surface area contributed by atoms with Gasteiger partial charge in [0.25, 0.3) is 0 Å². The fourth-order valence-corrected chi connectivity index (χ4v) is 2.08. The van der Waals surface area contributed by atoms with E-state index in [9.17, 15) is 0 Å². The van der Waals surface area contributed by atoms with Crippen LogP contribution in [0.5, 0.6) is 0 Å². The molecule has 20 heavy (non-hydrogen) atoms. The molecule has 0 aliphatic rings. The molecular weight excluding hydrogens is 250 g/mol. The number of rotatable bonds is 6. The molecule has 1 aromatic heterocycles. The van der Waals surface area contributed by atoms with Crippen LogP contribution in [0.15, 0.2) is 30.5 Å². The Hall–Kier alpha value is -2.17. The molecule has 2 aromatic rings. The number of anilines is 3. The summed E-state index contributed by atoms with van der Waals surface area (Å²) in [5.41, 5.74) is 2.33. The lowest BCUT2D eigenvalue weighted by atomic mass is 10.1. The fourth-order valence-electron chi connectivity index (χ4n) is 2.08. The summed E-state index contributed by atoms with van der Waals surface area (Å²) in [6.07, 6.45) is 2.63. The van der Waals surface area contributed by atoms with Gasteiger partial charge in [0.15, 0.2) is 5.82 Å². The van der Waals surface area contributed by atoms with Gasteiger partial charge in [-0.3, -0.25) is 0 Å². The lowest BCUT2D eigenvalue weighted by Crippen LogP contribution is -2.24. The third kappa shape index (κ3) is 3.23. The lowest BCUT2D eigenvalue weighted by molar-refractivity contribution is 0.796. The summed E-state index contributed by atoms with van der Waals surface area (Å²) in [5.74, 6) is 1.39. The van der Waals surface area contributed by atoms with Crippen LogP contribution in [0.4, 0.5) is 17.5 Å². The number of nitrogens with zero attached hydrogens (tertiary/aromatic N) is 4. The van der Waals surface area contributed by atoms with Gasteiger partial charge in [-0.2, -0.15) is 10.1 Å². The van der Waals surface area contributed by atoms with Gasteiger partial charge >= 0.3 is 0 Å². The van der Waals surface area contributed by atoms with Gasteiger partial charge < -0.3 is 10.2 Å². The molecule has 106 valence electrons. The van der Waals surface area contributed by atoms with Crippen LogP contribution >= 0.6 is 0 Å². The molecule has 5 nitrogen and oxygen atoms in total. The van der Waals surface area contributed by atoms with Crippen molar-refractivity contribution in [1.82, 2.24) is 15.2 Å². The average Bonchev–Trinajstić information content (AvgIpc) is 2.49. The molecule has 1 N–H and O–H groups in total. The Morgan fingerprint density at radius 2 is 1.85 bits per heavy atom. The van der Waals surface area contributed by atoms with E-state index in [1.807, 2.05) is 12.1 Å². The van der Waals surface area contributed by atoms with Crippen molar-refractivity contribution >= 4 is 17.5 Å². The summed E-state index contributed by atoms with van der Waals surface area (Å²) in [5, 5.41) is 11.5. The van der Waals surface area contributed by atoms with Crippen LogP contribution in [0.3, 0.4) is 0 Å². The first-order valence-electron chi connectivity index (χ1n) is 7.08. The molecule has 2 rings (SSSR count). The van der Waals surface area contributed by atoms with Gasteiger partial charge in [0.2, 0.25) is 5.95 Å². The fraction of sp³-hybridized carbons (Fsp3) is 0.400. The van der Waals surface area contributed by atoms with Gasteiger partial charge in [-0.25, -0.2) is 0 Å². The number of hydrogen-bond acceptors (Lipinski definition) is 5. The molecule has 0 atom stereocenters. The Morgan fingerprint density at radius 3 is 2.55 bits per heavy atom. The van der Waals surface area contributed by atoms with E-state index in [4.69, 9.17) is 0 Å². The van der Waals surface area contributed by atoms with Crippen LogP contribution in [0.1, 0.15) is 26.3 Å². The predicted octanol–water partition coefficient (Wildman–Crippen LogP) is 3.02. The molecular formula is C15H21N5. The Labute approximate surface area is 120 Å². The zero-order valence-electron chi connectivity index (χ0n) is 12.3. The first-order chi connectivity index (χ1) is 9.78. The molecule has 0 aliphatic carbocycles. The number of benzene rings is 1. The van der Waals surface area contributed by atoms with E-state index in [0.29, 0.717) is 5.95 Å². The second-order valence-electron chi connectivity index (χ2n) is 4.45. The molecule has 0 amide bonds. The first kappa shape index (κ1) is 14.2. The molecule has 5 heteroatoms. The van der Waals surface area contributed by atoms with Crippen LogP contribution in [0, 0.1) is 0 Å². The quantitative estimate of drug-likeness (QED) is 0.875. The Balaban J connectivity index is 2.23. The third-order valence-corrected chi connectivity index (χ3v) is 3.25. The number of para-hydroxylation sites is 1. The number of nitrogens with one attached hydrogen (secondary N) is 1. The highest BCUT2D eigenvalue weighted by Crippen LogP contribution is 2.20. The SMILES string of the molecule is CCc1ccccc1Nc1cnnc(N(CC)CC)n1. The normalized spacial score (nSPS) is 10.3. The zero-order chi connectivity index (χ0) is 14.4. The van der Waals surface area contributed by atoms with Crippen LogP contribution in [-0.2, 0) is 6.42 Å². The van der Waals surface area contributed by atoms with E-state index in [-0.39, 0.29) is 0 Å². The number of aryl methyl sites for hydroxylation is 1. The zero-order valence-corrected chi connectivity index (χ0v) is 12.3. The van der Waals surface area contributed by atoms with E-state index in [1.54, 1.807) is 6.20 Å². The van der Waals surface area contributed by atoms with Crippen molar-refractivity contribution in [2.45, 2.75) is 27.2 Å². The monoisotopic (exact) mass is 271 g/mol. The second-order valence-corrected chi connectivity index (χ2v) is 4.45. The van der Waals surface area contributed by atoms with E-state index in [0.717, 1.165) is 31.0 Å². The Morgan fingerprint density at radius 1 is 1.10 bits per heavy atom. The predicted molar refractivity (Wildman–Crippen MR) is 82.5 cm³/mol. The minimum atomic E-state index is 0.661. The highest BCUT2D eigenvalue weighted by Gasteiger charge is 2.08. The van der Waals surface area contributed by atoms with Crippen LogP contribution in [-0.4, -0.2) is 28.3 Å². The smallest absolute Gasteiger partial charge is 0.247 e. The van der Waals surface area contributed by atoms with Gasteiger partial charge in [-0.1, -0.05) is 25.1 Å². The Kier molecular flexibility index (Phi) is 4.87. The van der Waals surface area contributed by atoms with Gasteiger partial charge in [0.05, 0.1) is 6.20 Å². The number of aromatic nitrogens is 3. The van der Waals surface area contributed by atoms with E-state index < -0.39 is 0 Å². The maximum Gasteiger partial charge on any atom is 0.247 e. The molecule has 0 saturated carbocycles. The molecule has 0 saturated heterocycles. The molecule has 0 radical (unpaired) electrons. The standard InChI is InChI=1S/C15H21N5/c1-4-12-9-7-8-10-13(12)17-14-11-16-19-15(18-14)20(5-2)6-3/h7-11H,4-6H2,1-3H3,(H,17,18,19). The largest absolute Gasteiger partial charge is 0.340 e. The summed E-state index contributed by atoms with van der Waals surface area (Å²) in [4.78, 5) is 6.60. The second kappa shape index (κ2) is 6.84. The van der Waals surface area contributed by atoms with Crippen molar-refractivity contribution in [3.05, 3.63) is 36.0 Å². The molecule has 0 bridgehead atoms. The lowest BCUT2D eigenvalue weighted by Gasteiger charge is -2.18. The highest BCUT2D eigenvalue weighted by molar-refractivity contribution is 5.60. The number of hydrogen-bond donors (Lipinski definition) is 1. The summed E-state index contributed by atoms with van der Waals surface area (Å²) >= 11 is 0. The maximum atomic E-state index is 4.53. The van der Waals surface area contributed by atoms with Gasteiger partial charge in [0, 0.05) is 18.8 Å². The maximum absolute atomic E-state index is 4.53. The molecule has 0 aliphatic heterocycles. The van der Waals surface area contributed by atoms with Gasteiger partial charge in [-0.05, 0) is 31.9 Å². The van der Waals surface area contributed by atoms with Gasteiger partial charge in [-0.15, -0.1) is 5.10 Å². The molecule has 1 heterocycles. The van der Waals surface area contributed by atoms with Crippen molar-refractivity contribution in [3.63, 3.8) is 0 Å². The minimum absolute atomic E-state index is 0.661. The van der Waals surface area contributed by atoms with E-state index in [2.05, 4.69) is 58.3 Å².